The second kappa shape index (κ2) is 9.11. The van der Waals surface area contributed by atoms with E-state index in [2.05, 4.69) is 36.4 Å². The van der Waals surface area contributed by atoms with Crippen LogP contribution in [0.2, 0.25) is 0 Å². The molecule has 1 saturated heterocycles. The van der Waals surface area contributed by atoms with Crippen LogP contribution < -0.4 is 15.1 Å². The molecule has 0 radical (unpaired) electrons. The van der Waals surface area contributed by atoms with Crippen molar-refractivity contribution in [2.24, 2.45) is 5.10 Å². The van der Waals surface area contributed by atoms with Crippen molar-refractivity contribution < 1.29 is 9.47 Å². The lowest BCUT2D eigenvalue weighted by Crippen LogP contribution is -2.36. The minimum absolute atomic E-state index is 0.209. The second-order valence-electron chi connectivity index (χ2n) is 6.55. The zero-order valence-electron chi connectivity index (χ0n) is 16.2. The summed E-state index contributed by atoms with van der Waals surface area (Å²) < 4.78 is 11.2. The first-order valence-electron chi connectivity index (χ1n) is 9.43. The van der Waals surface area contributed by atoms with Crippen LogP contribution in [0.3, 0.4) is 0 Å². The van der Waals surface area contributed by atoms with Crippen molar-refractivity contribution in [2.45, 2.75) is 6.92 Å². The zero-order chi connectivity index (χ0) is 19.9. The Morgan fingerprint density at radius 1 is 1.10 bits per heavy atom. The van der Waals surface area contributed by atoms with E-state index in [9.17, 15) is 0 Å². The number of ether oxygens (including phenoxy) is 2. The summed E-state index contributed by atoms with van der Waals surface area (Å²) in [5.74, 6) is 1.72. The smallest absolute Gasteiger partial charge is 0.327 e. The van der Waals surface area contributed by atoms with E-state index in [1.165, 1.54) is 5.56 Å². The molecule has 0 amide bonds. The van der Waals surface area contributed by atoms with Gasteiger partial charge in [0.25, 0.3) is 0 Å². The molecular weight excluding hydrogens is 368 g/mol. The van der Waals surface area contributed by atoms with Gasteiger partial charge in [0, 0.05) is 31.4 Å². The molecule has 8 nitrogen and oxygen atoms in total. The van der Waals surface area contributed by atoms with Gasteiger partial charge < -0.3 is 14.4 Å². The number of morpholine rings is 1. The maximum Gasteiger partial charge on any atom is 0.327 e. The molecule has 8 heteroatoms. The number of pyridine rings is 1. The van der Waals surface area contributed by atoms with Crippen LogP contribution in [-0.4, -0.2) is 47.5 Å². The van der Waals surface area contributed by atoms with Crippen LogP contribution in [0.5, 0.6) is 11.9 Å². The number of hydrazone groups is 1. The first-order valence-corrected chi connectivity index (χ1v) is 9.43. The van der Waals surface area contributed by atoms with Crippen LogP contribution in [-0.2, 0) is 4.74 Å². The Labute approximate surface area is 169 Å². The molecule has 1 fully saturated rings. The third kappa shape index (κ3) is 5.26. The molecule has 29 heavy (non-hydrogen) atoms. The number of anilines is 2. The summed E-state index contributed by atoms with van der Waals surface area (Å²) in [5.41, 5.74) is 5.16. The van der Waals surface area contributed by atoms with Gasteiger partial charge in [0.05, 0.1) is 19.4 Å². The summed E-state index contributed by atoms with van der Waals surface area (Å²) in [4.78, 5) is 15.3. The van der Waals surface area contributed by atoms with Crippen LogP contribution in [0.15, 0.2) is 59.8 Å². The molecule has 3 aromatic rings. The van der Waals surface area contributed by atoms with Crippen molar-refractivity contribution in [3.63, 3.8) is 0 Å². The molecule has 0 unspecified atom stereocenters. The van der Waals surface area contributed by atoms with Crippen molar-refractivity contribution >= 4 is 17.9 Å². The van der Waals surface area contributed by atoms with Gasteiger partial charge in [-0.25, -0.2) is 4.98 Å². The predicted molar refractivity (Wildman–Crippen MR) is 112 cm³/mol. The van der Waals surface area contributed by atoms with Crippen molar-refractivity contribution in [2.75, 3.05) is 36.6 Å². The van der Waals surface area contributed by atoms with Gasteiger partial charge in [-0.1, -0.05) is 35.9 Å². The molecule has 1 aliphatic rings. The maximum absolute atomic E-state index is 5.75. The monoisotopic (exact) mass is 390 g/mol. The third-order valence-electron chi connectivity index (χ3n) is 4.30. The number of hydrogen-bond acceptors (Lipinski definition) is 8. The second-order valence-corrected chi connectivity index (χ2v) is 6.55. The van der Waals surface area contributed by atoms with E-state index in [4.69, 9.17) is 9.47 Å². The molecule has 0 bridgehead atoms. The number of aromatic nitrogens is 3. The molecule has 0 atom stereocenters. The Kier molecular flexibility index (Phi) is 5.92. The summed E-state index contributed by atoms with van der Waals surface area (Å²) in [6.45, 7) is 4.88. The third-order valence-corrected chi connectivity index (χ3v) is 4.30. The first kappa shape index (κ1) is 18.8. The number of benzene rings is 1. The van der Waals surface area contributed by atoms with Gasteiger partial charge in [0.2, 0.25) is 5.88 Å². The summed E-state index contributed by atoms with van der Waals surface area (Å²) in [5, 5.41) is 4.31. The van der Waals surface area contributed by atoms with E-state index in [1.807, 2.05) is 43.3 Å². The highest BCUT2D eigenvalue weighted by atomic mass is 16.5. The number of aryl methyl sites for hydroxylation is 1. The van der Waals surface area contributed by atoms with Crippen molar-refractivity contribution in [1.82, 2.24) is 15.0 Å². The van der Waals surface area contributed by atoms with E-state index in [0.717, 1.165) is 24.5 Å². The minimum atomic E-state index is 0.209. The molecule has 1 N–H and O–H groups in total. The lowest BCUT2D eigenvalue weighted by molar-refractivity contribution is 0.122. The highest BCUT2D eigenvalue weighted by molar-refractivity contribution is 5.80. The van der Waals surface area contributed by atoms with E-state index >= 15 is 0 Å². The van der Waals surface area contributed by atoms with Crippen molar-refractivity contribution in [3.05, 3.63) is 65.9 Å². The lowest BCUT2D eigenvalue weighted by Gasteiger charge is -2.28. The van der Waals surface area contributed by atoms with Gasteiger partial charge in [-0.05, 0) is 18.6 Å². The predicted octanol–water partition coefficient (Wildman–Crippen LogP) is 3.25. The summed E-state index contributed by atoms with van der Waals surface area (Å²) in [6.07, 6.45) is 3.41. The van der Waals surface area contributed by atoms with E-state index in [0.29, 0.717) is 24.9 Å². The molecule has 148 valence electrons. The number of hydrogen-bond donors (Lipinski definition) is 1. The van der Waals surface area contributed by atoms with Crippen LogP contribution in [0.25, 0.3) is 0 Å². The Morgan fingerprint density at radius 2 is 2.00 bits per heavy atom. The Hall–Kier alpha value is -3.52. The van der Waals surface area contributed by atoms with Crippen LogP contribution in [0.1, 0.15) is 11.1 Å². The Morgan fingerprint density at radius 3 is 2.79 bits per heavy atom. The summed E-state index contributed by atoms with van der Waals surface area (Å²) >= 11 is 0. The topological polar surface area (TPSA) is 84.8 Å². The van der Waals surface area contributed by atoms with Gasteiger partial charge in [-0.3, -0.25) is 5.43 Å². The standard InChI is InChI=1S/C21H22N6O2/c1-16-5-4-6-17(13-16)15-23-26-18-14-19(27-9-11-28-12-10-27)25-21(24-18)29-20-7-2-3-8-22-20/h2-8,13-15H,9-12H2,1H3,(H,24,25,26)/b23-15+. The fraction of sp³-hybridized carbons (Fsp3) is 0.238. The number of nitrogens with zero attached hydrogens (tertiary/aromatic N) is 5. The van der Waals surface area contributed by atoms with Crippen molar-refractivity contribution in [3.8, 4) is 11.9 Å². The molecule has 2 aromatic heterocycles. The number of rotatable bonds is 6. The molecule has 1 aliphatic heterocycles. The highest BCUT2D eigenvalue weighted by Gasteiger charge is 2.16. The fourth-order valence-corrected chi connectivity index (χ4v) is 2.89. The van der Waals surface area contributed by atoms with Gasteiger partial charge in [-0.15, -0.1) is 0 Å². The molecule has 3 heterocycles. The first-order chi connectivity index (χ1) is 14.3. The van der Waals surface area contributed by atoms with Gasteiger partial charge in [0.15, 0.2) is 5.82 Å². The van der Waals surface area contributed by atoms with Crippen LogP contribution >= 0.6 is 0 Å². The normalized spacial score (nSPS) is 14.2. The van der Waals surface area contributed by atoms with E-state index in [-0.39, 0.29) is 6.01 Å². The average molecular weight is 390 g/mol. The molecule has 0 saturated carbocycles. The van der Waals surface area contributed by atoms with Gasteiger partial charge >= 0.3 is 6.01 Å². The molecule has 0 spiro atoms. The van der Waals surface area contributed by atoms with Crippen molar-refractivity contribution in [1.29, 1.82) is 0 Å². The zero-order valence-corrected chi connectivity index (χ0v) is 16.2. The van der Waals surface area contributed by atoms with Crippen LogP contribution in [0.4, 0.5) is 11.6 Å². The molecule has 0 aliphatic carbocycles. The molecular formula is C21H22N6O2. The largest absolute Gasteiger partial charge is 0.405 e. The lowest BCUT2D eigenvalue weighted by atomic mass is 10.2. The average Bonchev–Trinajstić information content (AvgIpc) is 2.75. The Balaban J connectivity index is 1.56. The maximum atomic E-state index is 5.75. The van der Waals surface area contributed by atoms with Crippen LogP contribution in [0, 0.1) is 6.92 Å². The molecule has 4 rings (SSSR count). The number of nitrogens with one attached hydrogen (secondary N) is 1. The van der Waals surface area contributed by atoms with E-state index in [1.54, 1.807) is 18.5 Å². The highest BCUT2D eigenvalue weighted by Crippen LogP contribution is 2.23. The summed E-state index contributed by atoms with van der Waals surface area (Å²) in [7, 11) is 0. The molecule has 1 aromatic carbocycles. The SMILES string of the molecule is Cc1cccc(/C=N/Nc2cc(N3CCOCC3)nc(Oc3ccccn3)n2)c1. The quantitative estimate of drug-likeness (QED) is 0.511. The minimum Gasteiger partial charge on any atom is -0.405 e. The summed E-state index contributed by atoms with van der Waals surface area (Å²) in [6, 6.07) is 15.6. The Bertz CT molecular complexity index is 974. The van der Waals surface area contributed by atoms with E-state index < -0.39 is 0 Å². The van der Waals surface area contributed by atoms with Gasteiger partial charge in [-0.2, -0.15) is 15.1 Å². The fourth-order valence-electron chi connectivity index (χ4n) is 2.89. The van der Waals surface area contributed by atoms with Gasteiger partial charge in [0.1, 0.15) is 5.82 Å².